The Bertz CT molecular complexity index is 139. The summed E-state index contributed by atoms with van der Waals surface area (Å²) in [4.78, 5) is 0. The maximum atomic E-state index is 2.47. The lowest BCUT2D eigenvalue weighted by atomic mass is 9.78. The number of rotatable bonds is 9. The van der Waals surface area contributed by atoms with Crippen molar-refractivity contribution in [3.63, 3.8) is 0 Å². The average Bonchev–Trinajstić information content (AvgIpc) is 2.18. The number of hydrogen-bond acceptors (Lipinski definition) is 0. The monoisotopic (exact) mass is 212 g/mol. The Labute approximate surface area is 97.8 Å². The van der Waals surface area contributed by atoms with E-state index in [0.29, 0.717) is 5.41 Å². The summed E-state index contributed by atoms with van der Waals surface area (Å²) in [5.41, 5.74) is 0.626. The van der Waals surface area contributed by atoms with Crippen molar-refractivity contribution < 1.29 is 0 Å². The lowest BCUT2D eigenvalue weighted by molar-refractivity contribution is 0.242. The van der Waals surface area contributed by atoms with E-state index in [1.165, 1.54) is 51.4 Å². The first-order chi connectivity index (χ1) is 7.08. The van der Waals surface area contributed by atoms with Crippen molar-refractivity contribution in [2.45, 2.75) is 86.0 Å². The van der Waals surface area contributed by atoms with Crippen LogP contribution in [0.25, 0.3) is 0 Å². The van der Waals surface area contributed by atoms with Gasteiger partial charge in [0, 0.05) is 0 Å². The average molecular weight is 212 g/mol. The van der Waals surface area contributed by atoms with Crippen LogP contribution >= 0.6 is 0 Å². The van der Waals surface area contributed by atoms with Gasteiger partial charge in [0.2, 0.25) is 0 Å². The zero-order chi connectivity index (χ0) is 11.7. The van der Waals surface area contributed by atoms with Crippen LogP contribution in [-0.4, -0.2) is 0 Å². The molecular formula is C15H32. The van der Waals surface area contributed by atoms with Crippen molar-refractivity contribution in [3.8, 4) is 0 Å². The van der Waals surface area contributed by atoms with E-state index in [2.05, 4.69) is 34.6 Å². The van der Waals surface area contributed by atoms with E-state index in [1.54, 1.807) is 0 Å². The van der Waals surface area contributed by atoms with Crippen LogP contribution in [0.15, 0.2) is 0 Å². The van der Waals surface area contributed by atoms with Gasteiger partial charge < -0.3 is 0 Å². The fourth-order valence-corrected chi connectivity index (χ4v) is 2.60. The lowest BCUT2D eigenvalue weighted by Gasteiger charge is -2.28. The quantitative estimate of drug-likeness (QED) is 0.452. The van der Waals surface area contributed by atoms with E-state index in [1.807, 2.05) is 0 Å². The molecule has 0 saturated carbocycles. The molecule has 0 N–H and O–H groups in total. The Kier molecular flexibility index (Phi) is 8.19. The molecular weight excluding hydrogens is 180 g/mol. The van der Waals surface area contributed by atoms with Crippen LogP contribution in [0.5, 0.6) is 0 Å². The topological polar surface area (TPSA) is 0 Å². The Morgan fingerprint density at radius 2 is 1.60 bits per heavy atom. The first-order valence-electron chi connectivity index (χ1n) is 7.08. The van der Waals surface area contributed by atoms with E-state index in [4.69, 9.17) is 0 Å². The second-order valence-electron chi connectivity index (χ2n) is 5.70. The molecule has 0 rings (SSSR count). The molecule has 0 aromatic carbocycles. The van der Waals surface area contributed by atoms with Gasteiger partial charge in [0.1, 0.15) is 0 Å². The largest absolute Gasteiger partial charge is 0.0654 e. The second-order valence-corrected chi connectivity index (χ2v) is 5.70. The summed E-state index contributed by atoms with van der Waals surface area (Å²) in [6.07, 6.45) is 11.2. The zero-order valence-corrected chi connectivity index (χ0v) is 11.7. The maximum Gasteiger partial charge on any atom is -0.0329 e. The van der Waals surface area contributed by atoms with Crippen molar-refractivity contribution >= 4 is 0 Å². The molecule has 0 amide bonds. The fraction of sp³-hybridized carbons (Fsp3) is 1.00. The third-order valence-corrected chi connectivity index (χ3v) is 3.97. The van der Waals surface area contributed by atoms with E-state index in [0.717, 1.165) is 5.92 Å². The lowest BCUT2D eigenvalue weighted by Crippen LogP contribution is -2.15. The third kappa shape index (κ3) is 6.98. The predicted molar refractivity (Wildman–Crippen MR) is 71.2 cm³/mol. The van der Waals surface area contributed by atoms with Gasteiger partial charge in [-0.05, 0) is 24.2 Å². The van der Waals surface area contributed by atoms with Crippen LogP contribution in [0, 0.1) is 11.3 Å². The van der Waals surface area contributed by atoms with Gasteiger partial charge in [-0.2, -0.15) is 0 Å². The standard InChI is InChI=1S/C15H32/c1-6-10-14(4)11-9-13-15(5,8-3)12-7-2/h14H,6-13H2,1-5H3. The highest BCUT2D eigenvalue weighted by Gasteiger charge is 2.20. The van der Waals surface area contributed by atoms with Gasteiger partial charge in [-0.15, -0.1) is 0 Å². The minimum atomic E-state index is 0.626. The predicted octanol–water partition coefficient (Wildman–Crippen LogP) is 5.81. The fourth-order valence-electron chi connectivity index (χ4n) is 2.60. The molecule has 0 bridgehead atoms. The van der Waals surface area contributed by atoms with Crippen LogP contribution in [0.4, 0.5) is 0 Å². The van der Waals surface area contributed by atoms with Gasteiger partial charge in [-0.25, -0.2) is 0 Å². The summed E-state index contributed by atoms with van der Waals surface area (Å²) < 4.78 is 0. The molecule has 0 saturated heterocycles. The molecule has 92 valence electrons. The van der Waals surface area contributed by atoms with Crippen LogP contribution < -0.4 is 0 Å². The molecule has 0 fully saturated rings. The van der Waals surface area contributed by atoms with Crippen molar-refractivity contribution in [3.05, 3.63) is 0 Å². The summed E-state index contributed by atoms with van der Waals surface area (Å²) >= 11 is 0. The van der Waals surface area contributed by atoms with E-state index in [9.17, 15) is 0 Å². The smallest absolute Gasteiger partial charge is 0.0329 e. The molecule has 0 aliphatic rings. The molecule has 15 heavy (non-hydrogen) atoms. The van der Waals surface area contributed by atoms with Crippen LogP contribution in [0.1, 0.15) is 86.0 Å². The van der Waals surface area contributed by atoms with Gasteiger partial charge in [0.15, 0.2) is 0 Å². The normalized spacial score (nSPS) is 17.4. The summed E-state index contributed by atoms with van der Waals surface area (Å²) in [5.74, 6) is 0.942. The second kappa shape index (κ2) is 8.19. The van der Waals surface area contributed by atoms with E-state index >= 15 is 0 Å². The third-order valence-electron chi connectivity index (χ3n) is 3.97. The summed E-state index contributed by atoms with van der Waals surface area (Å²) in [7, 11) is 0. The Morgan fingerprint density at radius 3 is 2.07 bits per heavy atom. The molecule has 0 nitrogen and oxygen atoms in total. The van der Waals surface area contributed by atoms with E-state index < -0.39 is 0 Å². The molecule has 0 aliphatic heterocycles. The van der Waals surface area contributed by atoms with E-state index in [-0.39, 0.29) is 0 Å². The highest BCUT2D eigenvalue weighted by Crippen LogP contribution is 2.34. The molecule has 0 spiro atoms. The SMILES string of the molecule is CCCC(C)CCCC(C)(CC)CCC. The Morgan fingerprint density at radius 1 is 0.933 bits per heavy atom. The summed E-state index contributed by atoms with van der Waals surface area (Å²) in [6, 6.07) is 0. The highest BCUT2D eigenvalue weighted by molar-refractivity contribution is 4.72. The first-order valence-corrected chi connectivity index (χ1v) is 7.08. The van der Waals surface area contributed by atoms with Gasteiger partial charge in [0.05, 0.1) is 0 Å². The molecule has 0 aromatic rings. The Balaban J connectivity index is 3.71. The Hall–Kier alpha value is 0. The van der Waals surface area contributed by atoms with Gasteiger partial charge >= 0.3 is 0 Å². The minimum absolute atomic E-state index is 0.626. The number of hydrogen-bond donors (Lipinski definition) is 0. The first kappa shape index (κ1) is 15.0. The van der Waals surface area contributed by atoms with Crippen molar-refractivity contribution in [1.82, 2.24) is 0 Å². The summed E-state index contributed by atoms with van der Waals surface area (Å²) in [6.45, 7) is 11.8. The molecule has 0 radical (unpaired) electrons. The molecule has 2 atom stereocenters. The van der Waals surface area contributed by atoms with Gasteiger partial charge in [-0.3, -0.25) is 0 Å². The molecule has 0 heterocycles. The van der Waals surface area contributed by atoms with Crippen molar-refractivity contribution in [2.24, 2.45) is 11.3 Å². The molecule has 0 aliphatic carbocycles. The summed E-state index contributed by atoms with van der Waals surface area (Å²) in [5, 5.41) is 0. The zero-order valence-electron chi connectivity index (χ0n) is 11.7. The highest BCUT2D eigenvalue weighted by atomic mass is 14.3. The van der Waals surface area contributed by atoms with Crippen LogP contribution in [0.3, 0.4) is 0 Å². The van der Waals surface area contributed by atoms with Crippen LogP contribution in [0.2, 0.25) is 0 Å². The van der Waals surface area contributed by atoms with Crippen LogP contribution in [-0.2, 0) is 0 Å². The molecule has 2 unspecified atom stereocenters. The molecule has 0 aromatic heterocycles. The van der Waals surface area contributed by atoms with Crippen molar-refractivity contribution in [1.29, 1.82) is 0 Å². The van der Waals surface area contributed by atoms with Crippen molar-refractivity contribution in [2.75, 3.05) is 0 Å². The molecule has 0 heteroatoms. The van der Waals surface area contributed by atoms with Gasteiger partial charge in [-0.1, -0.05) is 73.1 Å². The maximum absolute atomic E-state index is 2.47. The minimum Gasteiger partial charge on any atom is -0.0654 e. The van der Waals surface area contributed by atoms with Gasteiger partial charge in [0.25, 0.3) is 0 Å².